The lowest BCUT2D eigenvalue weighted by atomic mass is 9.84. The van der Waals surface area contributed by atoms with Crippen molar-refractivity contribution in [2.45, 2.75) is 108 Å². The molecule has 0 aliphatic carbocycles. The first-order valence-electron chi connectivity index (χ1n) is 12.3. The maximum absolute atomic E-state index is 12.9. The van der Waals surface area contributed by atoms with Gasteiger partial charge in [0, 0.05) is 5.92 Å². The van der Waals surface area contributed by atoms with Crippen LogP contribution < -0.4 is 0 Å². The van der Waals surface area contributed by atoms with Gasteiger partial charge in [0.05, 0.1) is 6.42 Å². The maximum atomic E-state index is 12.9. The molecule has 196 valence electrons. The van der Waals surface area contributed by atoms with E-state index in [2.05, 4.69) is 25.7 Å². The quantitative estimate of drug-likeness (QED) is 0.0752. The van der Waals surface area contributed by atoms with Crippen LogP contribution >= 0.6 is 0 Å². The molecule has 0 saturated carbocycles. The first-order chi connectivity index (χ1) is 16.0. The topological polar surface area (TPSA) is 146 Å². The number of hydrogen-bond donors (Lipinski definition) is 3. The summed E-state index contributed by atoms with van der Waals surface area (Å²) in [5, 5.41) is 18.4. The maximum Gasteiger partial charge on any atom is 0.336 e. The number of unbranched alkanes of at least 4 members (excludes halogenated alkanes) is 10. The van der Waals surface area contributed by atoms with Crippen molar-refractivity contribution >= 4 is 27.8 Å². The van der Waals surface area contributed by atoms with Crippen LogP contribution in [0.4, 0.5) is 0 Å². The Labute approximate surface area is 204 Å². The van der Waals surface area contributed by atoms with E-state index in [0.29, 0.717) is 6.42 Å². The zero-order valence-corrected chi connectivity index (χ0v) is 21.2. The van der Waals surface area contributed by atoms with Gasteiger partial charge in [0.25, 0.3) is 14.9 Å². The molecule has 8 nitrogen and oxygen atoms in total. The van der Waals surface area contributed by atoms with Crippen molar-refractivity contribution < 1.29 is 37.6 Å². The second-order valence-electron chi connectivity index (χ2n) is 8.78. The van der Waals surface area contributed by atoms with Crippen molar-refractivity contribution in [2.24, 2.45) is 5.92 Å². The Balaban J connectivity index is 4.61. The standard InChI is InChI=1S/C25H42O8S/c1-3-5-6-7-8-9-10-11-12-13-14-15-16-17-19-21(18-4-2)23(28)25(24(29)30,20-22(26)27)34(31,32)33/h4,11-12,21H,2-3,5-10,13-20H2,1H3,(H,26,27)(H,29,30)(H,31,32,33). The minimum Gasteiger partial charge on any atom is -0.481 e. The average Bonchev–Trinajstić information content (AvgIpc) is 2.75. The van der Waals surface area contributed by atoms with Gasteiger partial charge in [-0.05, 0) is 38.5 Å². The summed E-state index contributed by atoms with van der Waals surface area (Å²) in [7, 11) is -5.51. The number of allylic oxidation sites excluding steroid dienone is 3. The summed E-state index contributed by atoms with van der Waals surface area (Å²) >= 11 is 0. The third-order valence-electron chi connectivity index (χ3n) is 5.97. The zero-order valence-electron chi connectivity index (χ0n) is 20.4. The second kappa shape index (κ2) is 17.4. The van der Waals surface area contributed by atoms with E-state index in [1.807, 2.05) is 0 Å². The van der Waals surface area contributed by atoms with Crippen LogP contribution in [0.2, 0.25) is 0 Å². The second-order valence-corrected chi connectivity index (χ2v) is 10.4. The number of carbonyl (C=O) groups excluding carboxylic acids is 1. The lowest BCUT2D eigenvalue weighted by Gasteiger charge is -2.27. The van der Waals surface area contributed by atoms with Crippen molar-refractivity contribution in [3.8, 4) is 0 Å². The van der Waals surface area contributed by atoms with E-state index in [1.54, 1.807) is 0 Å². The number of rotatable bonds is 22. The largest absolute Gasteiger partial charge is 0.481 e. The lowest BCUT2D eigenvalue weighted by Crippen LogP contribution is -2.56. The van der Waals surface area contributed by atoms with Crippen LogP contribution in [-0.4, -0.2) is 45.7 Å². The highest BCUT2D eigenvalue weighted by Gasteiger charge is 2.60. The Morgan fingerprint density at radius 2 is 1.38 bits per heavy atom. The van der Waals surface area contributed by atoms with E-state index in [4.69, 9.17) is 5.11 Å². The molecule has 0 radical (unpaired) electrons. The van der Waals surface area contributed by atoms with E-state index < -0.39 is 44.9 Å². The molecule has 0 aliphatic rings. The highest BCUT2D eigenvalue weighted by atomic mass is 32.2. The van der Waals surface area contributed by atoms with Crippen molar-refractivity contribution in [3.05, 3.63) is 24.8 Å². The van der Waals surface area contributed by atoms with Crippen molar-refractivity contribution in [3.63, 3.8) is 0 Å². The Bertz CT molecular complexity index is 772. The number of Topliss-reactive ketones (excluding diaryl/α,β-unsaturated/α-hetero) is 1. The Kier molecular flexibility index (Phi) is 16.4. The van der Waals surface area contributed by atoms with Gasteiger partial charge >= 0.3 is 11.9 Å². The predicted octanol–water partition coefficient (Wildman–Crippen LogP) is 5.58. The van der Waals surface area contributed by atoms with Gasteiger partial charge in [-0.15, -0.1) is 6.58 Å². The predicted molar refractivity (Wildman–Crippen MR) is 132 cm³/mol. The van der Waals surface area contributed by atoms with Gasteiger partial charge in [-0.2, -0.15) is 8.42 Å². The molecule has 0 fully saturated rings. The van der Waals surface area contributed by atoms with Crippen LogP contribution in [0.3, 0.4) is 0 Å². The molecule has 0 aromatic heterocycles. The molecule has 0 aromatic rings. The number of carboxylic acids is 2. The van der Waals surface area contributed by atoms with Crippen molar-refractivity contribution in [1.29, 1.82) is 0 Å². The van der Waals surface area contributed by atoms with Crippen LogP contribution in [0, 0.1) is 5.92 Å². The molecule has 0 aliphatic heterocycles. The molecule has 2 unspecified atom stereocenters. The van der Waals surface area contributed by atoms with E-state index in [9.17, 15) is 32.5 Å². The number of ketones is 1. The fourth-order valence-corrected chi connectivity index (χ4v) is 4.93. The number of aliphatic carboxylic acids is 2. The molecule has 0 amide bonds. The minimum atomic E-state index is -5.51. The van der Waals surface area contributed by atoms with Gasteiger partial charge in [0.2, 0.25) is 0 Å². The van der Waals surface area contributed by atoms with Gasteiger partial charge in [-0.1, -0.05) is 76.5 Å². The highest BCUT2D eigenvalue weighted by Crippen LogP contribution is 2.31. The van der Waals surface area contributed by atoms with Crippen LogP contribution in [0.5, 0.6) is 0 Å². The monoisotopic (exact) mass is 502 g/mol. The van der Waals surface area contributed by atoms with Gasteiger partial charge < -0.3 is 10.2 Å². The highest BCUT2D eigenvalue weighted by molar-refractivity contribution is 7.89. The molecule has 0 heterocycles. The summed E-state index contributed by atoms with van der Waals surface area (Å²) in [6.07, 6.45) is 17.2. The third kappa shape index (κ3) is 11.4. The summed E-state index contributed by atoms with van der Waals surface area (Å²) in [4.78, 5) is 35.7. The van der Waals surface area contributed by atoms with Gasteiger partial charge in [0.1, 0.15) is 0 Å². The summed E-state index contributed by atoms with van der Waals surface area (Å²) in [5.41, 5.74) is 0. The van der Waals surface area contributed by atoms with Gasteiger partial charge in [0.15, 0.2) is 5.78 Å². The SMILES string of the molecule is C=CCC(CCCCCCC=CCCCCCCCC)C(=O)C(CC(=O)O)(C(=O)O)S(=O)(=O)O. The Hall–Kier alpha value is -2.00. The van der Waals surface area contributed by atoms with E-state index in [1.165, 1.54) is 44.6 Å². The van der Waals surface area contributed by atoms with Crippen molar-refractivity contribution in [2.75, 3.05) is 0 Å². The molecule has 0 rings (SSSR count). The summed E-state index contributed by atoms with van der Waals surface area (Å²) < 4.78 is 29.8. The van der Waals surface area contributed by atoms with Crippen LogP contribution in [0.1, 0.15) is 103 Å². The van der Waals surface area contributed by atoms with Crippen LogP contribution in [-0.2, 0) is 24.5 Å². The fourth-order valence-electron chi connectivity index (χ4n) is 3.98. The fraction of sp³-hybridized carbons (Fsp3) is 0.720. The Morgan fingerprint density at radius 1 is 0.882 bits per heavy atom. The third-order valence-corrected chi connectivity index (χ3v) is 7.37. The number of hydrogen-bond acceptors (Lipinski definition) is 5. The number of carboxylic acid groups (broad SMARTS) is 2. The minimum absolute atomic E-state index is 0.00974. The van der Waals surface area contributed by atoms with Crippen LogP contribution in [0.15, 0.2) is 24.8 Å². The first-order valence-corrected chi connectivity index (χ1v) is 13.7. The molecule has 0 spiro atoms. The van der Waals surface area contributed by atoms with E-state index in [0.717, 1.165) is 32.1 Å². The molecule has 9 heteroatoms. The lowest BCUT2D eigenvalue weighted by molar-refractivity contribution is -0.151. The van der Waals surface area contributed by atoms with Crippen molar-refractivity contribution in [1.82, 2.24) is 0 Å². The summed E-state index contributed by atoms with van der Waals surface area (Å²) in [6.45, 7) is 5.72. The first kappa shape index (κ1) is 32.0. The molecule has 0 bridgehead atoms. The molecule has 3 N–H and O–H groups in total. The molecule has 0 saturated heterocycles. The van der Waals surface area contributed by atoms with Gasteiger partial charge in [-0.3, -0.25) is 14.1 Å². The average molecular weight is 503 g/mol. The molecular weight excluding hydrogens is 460 g/mol. The number of carbonyl (C=O) groups is 3. The summed E-state index contributed by atoms with van der Waals surface area (Å²) in [6, 6.07) is 0. The molecule has 0 aromatic carbocycles. The van der Waals surface area contributed by atoms with Gasteiger partial charge in [-0.25, -0.2) is 4.79 Å². The van der Waals surface area contributed by atoms with Crippen LogP contribution in [0.25, 0.3) is 0 Å². The zero-order chi connectivity index (χ0) is 26.0. The smallest absolute Gasteiger partial charge is 0.336 e. The molecule has 2 atom stereocenters. The molecular formula is C25H42O8S. The van der Waals surface area contributed by atoms with E-state index in [-0.39, 0.29) is 12.8 Å². The summed E-state index contributed by atoms with van der Waals surface area (Å²) in [5.74, 6) is -6.38. The normalized spacial score (nSPS) is 14.5. The molecule has 34 heavy (non-hydrogen) atoms. The van der Waals surface area contributed by atoms with E-state index >= 15 is 0 Å². The Morgan fingerprint density at radius 3 is 1.82 bits per heavy atom.